The lowest BCUT2D eigenvalue weighted by Crippen LogP contribution is -2.31. The molecule has 1 heterocycles. The molecule has 3 nitrogen and oxygen atoms in total. The molecule has 1 aromatic rings. The summed E-state index contributed by atoms with van der Waals surface area (Å²) in [6.07, 6.45) is 10.4. The van der Waals surface area contributed by atoms with Gasteiger partial charge in [-0.05, 0) is 37.0 Å². The molecule has 1 fully saturated rings. The van der Waals surface area contributed by atoms with Crippen LogP contribution in [0.2, 0.25) is 0 Å². The molecule has 17 heavy (non-hydrogen) atoms. The van der Waals surface area contributed by atoms with Crippen LogP contribution in [0, 0.1) is 5.92 Å². The lowest BCUT2D eigenvalue weighted by Gasteiger charge is -2.17. The molecule has 2 N–H and O–H groups in total. The average molecular weight is 235 g/mol. The van der Waals surface area contributed by atoms with Crippen molar-refractivity contribution < 1.29 is 9.52 Å². The largest absolute Gasteiger partial charge is 0.465 e. The first-order valence-corrected chi connectivity index (χ1v) is 6.45. The van der Waals surface area contributed by atoms with Gasteiger partial charge in [-0.25, -0.2) is 0 Å². The summed E-state index contributed by atoms with van der Waals surface area (Å²) in [5.41, 5.74) is 0. The Labute approximate surface area is 103 Å². The minimum absolute atomic E-state index is 0.186. The highest BCUT2D eigenvalue weighted by Gasteiger charge is 2.22. The minimum atomic E-state index is -0.186. The van der Waals surface area contributed by atoms with Gasteiger partial charge in [0.2, 0.25) is 0 Å². The average Bonchev–Trinajstić information content (AvgIpc) is 3.01. The first-order valence-electron chi connectivity index (χ1n) is 6.45. The second kappa shape index (κ2) is 6.62. The Balaban J connectivity index is 1.59. The Hall–Kier alpha value is -1.06. The molecule has 94 valence electrons. The molecule has 1 aromatic heterocycles. The van der Waals surface area contributed by atoms with Crippen molar-refractivity contribution in [2.24, 2.45) is 5.92 Å². The molecule has 1 saturated carbocycles. The Morgan fingerprint density at radius 3 is 3.00 bits per heavy atom. The predicted octanol–water partition coefficient (Wildman–Crippen LogP) is 2.43. The lowest BCUT2D eigenvalue weighted by atomic mass is 10.0. The zero-order valence-corrected chi connectivity index (χ0v) is 10.1. The molecule has 1 atom stereocenters. The summed E-state index contributed by atoms with van der Waals surface area (Å²) in [7, 11) is 0. The second-order valence-electron chi connectivity index (χ2n) is 4.69. The predicted molar refractivity (Wildman–Crippen MR) is 68.6 cm³/mol. The van der Waals surface area contributed by atoms with Crippen LogP contribution in [-0.2, 0) is 0 Å². The maximum atomic E-state index is 9.93. The van der Waals surface area contributed by atoms with Crippen molar-refractivity contribution in [2.75, 3.05) is 13.1 Å². The molecule has 0 bridgehead atoms. The van der Waals surface area contributed by atoms with Gasteiger partial charge < -0.3 is 14.8 Å². The summed E-state index contributed by atoms with van der Waals surface area (Å²) in [6.45, 7) is 1.46. The first-order chi connectivity index (χ1) is 8.36. The highest BCUT2D eigenvalue weighted by atomic mass is 16.3. The van der Waals surface area contributed by atoms with Gasteiger partial charge in [-0.1, -0.05) is 18.9 Å². The van der Waals surface area contributed by atoms with Gasteiger partial charge in [0, 0.05) is 13.1 Å². The molecular weight excluding hydrogens is 214 g/mol. The van der Waals surface area contributed by atoms with E-state index in [-0.39, 0.29) is 6.10 Å². The van der Waals surface area contributed by atoms with Crippen LogP contribution >= 0.6 is 0 Å². The van der Waals surface area contributed by atoms with Crippen molar-refractivity contribution in [1.82, 2.24) is 5.32 Å². The number of hydrogen-bond acceptors (Lipinski definition) is 3. The van der Waals surface area contributed by atoms with Crippen molar-refractivity contribution in [2.45, 2.75) is 31.8 Å². The van der Waals surface area contributed by atoms with E-state index in [0.717, 1.165) is 12.3 Å². The standard InChI is InChI=1S/C14H21NO2/c16-14(12-5-1-2-6-12)11-15-9-3-7-13-8-4-10-17-13/h3-4,7-8,10,12,14-16H,1-2,5-6,9,11H2/b7-3+. The lowest BCUT2D eigenvalue weighted by molar-refractivity contribution is 0.110. The second-order valence-corrected chi connectivity index (χ2v) is 4.69. The number of aliphatic hydroxyl groups excluding tert-OH is 1. The molecule has 0 aliphatic heterocycles. The minimum Gasteiger partial charge on any atom is -0.465 e. The Kier molecular flexibility index (Phi) is 4.83. The molecule has 3 heteroatoms. The molecular formula is C14H21NO2. The Morgan fingerprint density at radius 2 is 2.29 bits per heavy atom. The molecule has 1 aliphatic rings. The topological polar surface area (TPSA) is 45.4 Å². The van der Waals surface area contributed by atoms with E-state index in [1.165, 1.54) is 25.7 Å². The van der Waals surface area contributed by atoms with Gasteiger partial charge in [-0.2, -0.15) is 0 Å². The van der Waals surface area contributed by atoms with Gasteiger partial charge in [0.25, 0.3) is 0 Å². The smallest absolute Gasteiger partial charge is 0.126 e. The summed E-state index contributed by atoms with van der Waals surface area (Å²) in [5.74, 6) is 1.37. The van der Waals surface area contributed by atoms with E-state index < -0.39 is 0 Å². The van der Waals surface area contributed by atoms with Crippen LogP contribution in [0.5, 0.6) is 0 Å². The van der Waals surface area contributed by atoms with Crippen LogP contribution in [0.4, 0.5) is 0 Å². The van der Waals surface area contributed by atoms with E-state index in [2.05, 4.69) is 5.32 Å². The van der Waals surface area contributed by atoms with Crippen LogP contribution in [0.15, 0.2) is 28.9 Å². The van der Waals surface area contributed by atoms with Crippen LogP contribution in [0.25, 0.3) is 6.08 Å². The highest BCUT2D eigenvalue weighted by molar-refractivity contribution is 5.42. The van der Waals surface area contributed by atoms with Crippen LogP contribution in [0.3, 0.4) is 0 Å². The van der Waals surface area contributed by atoms with Gasteiger partial charge in [0.1, 0.15) is 5.76 Å². The normalized spacial score (nSPS) is 19.1. The van der Waals surface area contributed by atoms with Crippen LogP contribution < -0.4 is 5.32 Å². The summed E-state index contributed by atoms with van der Waals surface area (Å²) < 4.78 is 5.18. The van der Waals surface area contributed by atoms with Crippen molar-refractivity contribution in [3.8, 4) is 0 Å². The van der Waals surface area contributed by atoms with Gasteiger partial charge in [0.05, 0.1) is 12.4 Å². The number of rotatable bonds is 6. The van der Waals surface area contributed by atoms with Gasteiger partial charge in [0.15, 0.2) is 0 Å². The quantitative estimate of drug-likeness (QED) is 0.744. The SMILES string of the molecule is OC(CNC/C=C/c1ccco1)C1CCCC1. The monoisotopic (exact) mass is 235 g/mol. The summed E-state index contributed by atoms with van der Waals surface area (Å²) >= 11 is 0. The van der Waals surface area contributed by atoms with Gasteiger partial charge in [-0.3, -0.25) is 0 Å². The molecule has 0 aromatic carbocycles. The number of nitrogens with one attached hydrogen (secondary N) is 1. The zero-order chi connectivity index (χ0) is 11.9. The van der Waals surface area contributed by atoms with E-state index in [1.807, 2.05) is 24.3 Å². The molecule has 0 spiro atoms. The Bertz CT molecular complexity index is 326. The van der Waals surface area contributed by atoms with E-state index in [1.54, 1.807) is 6.26 Å². The number of aliphatic hydroxyl groups is 1. The maximum Gasteiger partial charge on any atom is 0.126 e. The van der Waals surface area contributed by atoms with Crippen molar-refractivity contribution >= 4 is 6.08 Å². The zero-order valence-electron chi connectivity index (χ0n) is 10.1. The Morgan fingerprint density at radius 1 is 1.47 bits per heavy atom. The van der Waals surface area contributed by atoms with Crippen LogP contribution in [-0.4, -0.2) is 24.3 Å². The summed E-state index contributed by atoms with van der Waals surface area (Å²) in [5, 5.41) is 13.2. The van der Waals surface area contributed by atoms with Gasteiger partial charge >= 0.3 is 0 Å². The van der Waals surface area contributed by atoms with Crippen molar-refractivity contribution in [3.05, 3.63) is 30.2 Å². The molecule has 1 unspecified atom stereocenters. The molecule has 0 saturated heterocycles. The first kappa shape index (κ1) is 12.4. The molecule has 0 radical (unpaired) electrons. The molecule has 1 aliphatic carbocycles. The van der Waals surface area contributed by atoms with Crippen molar-refractivity contribution in [1.29, 1.82) is 0 Å². The fraction of sp³-hybridized carbons (Fsp3) is 0.571. The van der Waals surface area contributed by atoms with E-state index in [9.17, 15) is 5.11 Å². The fourth-order valence-electron chi connectivity index (χ4n) is 2.38. The third-order valence-corrected chi connectivity index (χ3v) is 3.38. The van der Waals surface area contributed by atoms with Crippen molar-refractivity contribution in [3.63, 3.8) is 0 Å². The third-order valence-electron chi connectivity index (χ3n) is 3.38. The fourth-order valence-corrected chi connectivity index (χ4v) is 2.38. The highest BCUT2D eigenvalue weighted by Crippen LogP contribution is 2.27. The molecule has 0 amide bonds. The summed E-state index contributed by atoms with van der Waals surface area (Å²) in [4.78, 5) is 0. The number of hydrogen-bond donors (Lipinski definition) is 2. The van der Waals surface area contributed by atoms with E-state index in [0.29, 0.717) is 12.5 Å². The van der Waals surface area contributed by atoms with Gasteiger partial charge in [-0.15, -0.1) is 0 Å². The van der Waals surface area contributed by atoms with Crippen LogP contribution in [0.1, 0.15) is 31.4 Å². The van der Waals surface area contributed by atoms with E-state index in [4.69, 9.17) is 4.42 Å². The maximum absolute atomic E-state index is 9.93. The third kappa shape index (κ3) is 4.02. The summed E-state index contributed by atoms with van der Waals surface area (Å²) in [6, 6.07) is 3.79. The molecule has 2 rings (SSSR count). The number of furan rings is 1. The van der Waals surface area contributed by atoms with E-state index >= 15 is 0 Å².